The maximum absolute atomic E-state index is 9.95. The summed E-state index contributed by atoms with van der Waals surface area (Å²) in [4.78, 5) is 16.9. The van der Waals surface area contributed by atoms with Crippen molar-refractivity contribution >= 4 is 22.7 Å². The number of aliphatic hydroxyl groups excluding tert-OH is 1. The number of nitrogens with two attached hydrogens (primary N) is 1. The molecule has 5 atom stereocenters. The molecule has 3 aliphatic rings. The molecular weight excluding hydrogens is 428 g/mol. The third-order valence-electron chi connectivity index (χ3n) is 8.24. The van der Waals surface area contributed by atoms with E-state index in [1.165, 1.54) is 12.8 Å². The van der Waals surface area contributed by atoms with E-state index in [9.17, 15) is 5.11 Å². The van der Waals surface area contributed by atoms with Crippen molar-refractivity contribution < 1.29 is 5.11 Å². The predicted octanol–water partition coefficient (Wildman–Crippen LogP) is 3.16. The quantitative estimate of drug-likeness (QED) is 0.529. The van der Waals surface area contributed by atoms with E-state index in [1.54, 1.807) is 6.20 Å². The van der Waals surface area contributed by atoms with Gasteiger partial charge in [-0.3, -0.25) is 4.68 Å². The highest BCUT2D eigenvalue weighted by Gasteiger charge is 2.39. The van der Waals surface area contributed by atoms with Crippen LogP contribution in [0.3, 0.4) is 0 Å². The first kappa shape index (κ1) is 21.7. The molecule has 0 radical (unpaired) electrons. The first-order chi connectivity index (χ1) is 16.5. The first-order valence-electron chi connectivity index (χ1n) is 12.7. The zero-order valence-electron chi connectivity index (χ0n) is 20.0. The number of piperidine rings is 1. The third kappa shape index (κ3) is 3.71. The van der Waals surface area contributed by atoms with Crippen molar-refractivity contribution in [1.82, 2.24) is 29.6 Å². The van der Waals surface area contributed by atoms with Gasteiger partial charge in [-0.1, -0.05) is 6.92 Å². The van der Waals surface area contributed by atoms with Crippen molar-refractivity contribution in [2.45, 2.75) is 88.6 Å². The van der Waals surface area contributed by atoms with E-state index in [-0.39, 0.29) is 12.1 Å². The number of nitrogen functional groups attached to an aromatic ring is 1. The van der Waals surface area contributed by atoms with Crippen molar-refractivity contribution in [3.63, 3.8) is 0 Å². The summed E-state index contributed by atoms with van der Waals surface area (Å²) < 4.78 is 2.14. The molecule has 5 heterocycles. The second-order valence-corrected chi connectivity index (χ2v) is 10.3. The average molecular weight is 463 g/mol. The Labute approximate surface area is 199 Å². The van der Waals surface area contributed by atoms with Gasteiger partial charge in [0.05, 0.1) is 24.0 Å². The van der Waals surface area contributed by atoms with Crippen LogP contribution in [-0.2, 0) is 6.42 Å². The van der Waals surface area contributed by atoms with Gasteiger partial charge in [-0.2, -0.15) is 5.10 Å². The number of nitrogens with one attached hydrogen (secondary N) is 1. The second kappa shape index (κ2) is 8.46. The molecule has 1 unspecified atom stereocenters. The van der Waals surface area contributed by atoms with Gasteiger partial charge in [0, 0.05) is 41.6 Å². The molecule has 2 aliphatic heterocycles. The summed E-state index contributed by atoms with van der Waals surface area (Å²) in [6, 6.07) is 1.96. The van der Waals surface area contributed by atoms with Crippen molar-refractivity contribution in [2.24, 2.45) is 0 Å². The van der Waals surface area contributed by atoms with Gasteiger partial charge < -0.3 is 21.1 Å². The van der Waals surface area contributed by atoms with Gasteiger partial charge in [-0.05, 0) is 58.4 Å². The molecule has 0 aromatic carbocycles. The van der Waals surface area contributed by atoms with Crippen LogP contribution in [0.15, 0.2) is 18.6 Å². The standard InChI is InChI=1S/C25H34N8O/c1-3-21-25(29-15-4-7-19(34)8-15)31-22-20(12-27-24(26)23(22)30-21)14-11-28-33(13-14)18-9-16-5-6-17(10-18)32(16)2/h11-13,15-19,34H,3-10H2,1-2H3,(H2,26,27)(H,29,31)/t15-,16-,17+,18?,19+/m1/s1. The molecule has 3 aromatic rings. The Morgan fingerprint density at radius 3 is 2.53 bits per heavy atom. The van der Waals surface area contributed by atoms with Crippen LogP contribution in [-0.4, -0.2) is 66.0 Å². The van der Waals surface area contributed by atoms with Gasteiger partial charge in [-0.25, -0.2) is 15.0 Å². The molecule has 9 nitrogen and oxygen atoms in total. The maximum atomic E-state index is 9.95. The summed E-state index contributed by atoms with van der Waals surface area (Å²) in [5.41, 5.74) is 10.4. The number of hydrogen-bond donors (Lipinski definition) is 3. The average Bonchev–Trinajstić information content (AvgIpc) is 3.52. The minimum Gasteiger partial charge on any atom is -0.393 e. The van der Waals surface area contributed by atoms with Crippen LogP contribution in [0.2, 0.25) is 0 Å². The molecule has 3 fully saturated rings. The lowest BCUT2D eigenvalue weighted by atomic mass is 9.98. The third-order valence-corrected chi connectivity index (χ3v) is 8.24. The molecule has 9 heteroatoms. The number of rotatable bonds is 5. The lowest BCUT2D eigenvalue weighted by Crippen LogP contribution is -2.40. The Morgan fingerprint density at radius 1 is 1.03 bits per heavy atom. The summed E-state index contributed by atoms with van der Waals surface area (Å²) in [5, 5.41) is 18.3. The first-order valence-corrected chi connectivity index (χ1v) is 12.7. The fourth-order valence-electron chi connectivity index (χ4n) is 6.22. The Kier molecular flexibility index (Phi) is 5.41. The SMILES string of the molecule is CCc1nc2c(N)ncc(-c3cnn(C4C[C@H]5CC[C@@H](C4)N5C)c3)c2nc1N[C@@H]1CC[C@H](O)C1. The molecule has 1 aliphatic carbocycles. The summed E-state index contributed by atoms with van der Waals surface area (Å²) >= 11 is 0. The van der Waals surface area contributed by atoms with E-state index < -0.39 is 0 Å². The van der Waals surface area contributed by atoms with Gasteiger partial charge >= 0.3 is 0 Å². The highest BCUT2D eigenvalue weighted by Crippen LogP contribution is 2.40. The Balaban J connectivity index is 1.36. The Hall–Kier alpha value is -2.78. The fraction of sp³-hybridized carbons (Fsp3) is 0.600. The van der Waals surface area contributed by atoms with Gasteiger partial charge in [0.2, 0.25) is 0 Å². The van der Waals surface area contributed by atoms with Gasteiger partial charge in [0.1, 0.15) is 16.9 Å². The lowest BCUT2D eigenvalue weighted by molar-refractivity contribution is 0.131. The summed E-state index contributed by atoms with van der Waals surface area (Å²) in [6.45, 7) is 2.07. The van der Waals surface area contributed by atoms with E-state index in [0.29, 0.717) is 29.5 Å². The summed E-state index contributed by atoms with van der Waals surface area (Å²) in [7, 11) is 2.26. The number of aromatic nitrogens is 5. The van der Waals surface area contributed by atoms with Gasteiger partial charge in [0.15, 0.2) is 5.82 Å². The van der Waals surface area contributed by atoms with E-state index >= 15 is 0 Å². The molecule has 1 saturated carbocycles. The fourth-order valence-corrected chi connectivity index (χ4v) is 6.22. The number of fused-ring (bicyclic) bond motifs is 3. The smallest absolute Gasteiger partial charge is 0.151 e. The topological polar surface area (TPSA) is 118 Å². The van der Waals surface area contributed by atoms with Crippen molar-refractivity contribution in [3.8, 4) is 11.1 Å². The monoisotopic (exact) mass is 462 g/mol. The zero-order valence-corrected chi connectivity index (χ0v) is 20.0. The number of nitrogens with zero attached hydrogens (tertiary/aromatic N) is 6. The van der Waals surface area contributed by atoms with Crippen LogP contribution < -0.4 is 11.1 Å². The maximum Gasteiger partial charge on any atom is 0.151 e. The van der Waals surface area contributed by atoms with Crippen LogP contribution in [0.4, 0.5) is 11.6 Å². The second-order valence-electron chi connectivity index (χ2n) is 10.3. The number of aliphatic hydroxyl groups is 1. The molecule has 3 aromatic heterocycles. The van der Waals surface area contributed by atoms with Crippen molar-refractivity contribution in [3.05, 3.63) is 24.3 Å². The van der Waals surface area contributed by atoms with Gasteiger partial charge in [-0.15, -0.1) is 0 Å². The van der Waals surface area contributed by atoms with E-state index in [4.69, 9.17) is 20.8 Å². The molecule has 2 bridgehead atoms. The van der Waals surface area contributed by atoms with Crippen LogP contribution in [0, 0.1) is 0 Å². The number of hydrogen-bond acceptors (Lipinski definition) is 8. The molecule has 6 rings (SSSR count). The lowest BCUT2D eigenvalue weighted by Gasteiger charge is -2.36. The van der Waals surface area contributed by atoms with Crippen LogP contribution in [0.25, 0.3) is 22.2 Å². The number of pyridine rings is 1. The Bertz CT molecular complexity index is 1200. The normalized spacial score (nSPS) is 29.2. The molecule has 180 valence electrons. The molecule has 34 heavy (non-hydrogen) atoms. The minimum atomic E-state index is -0.243. The summed E-state index contributed by atoms with van der Waals surface area (Å²) in [6.07, 6.45) is 13.7. The van der Waals surface area contributed by atoms with E-state index in [0.717, 1.165) is 66.7 Å². The van der Waals surface area contributed by atoms with E-state index in [2.05, 4.69) is 40.1 Å². The van der Waals surface area contributed by atoms with Crippen LogP contribution in [0.1, 0.15) is 63.6 Å². The minimum absolute atomic E-state index is 0.206. The molecule has 0 amide bonds. The largest absolute Gasteiger partial charge is 0.393 e. The Morgan fingerprint density at radius 2 is 1.82 bits per heavy atom. The number of anilines is 2. The van der Waals surface area contributed by atoms with Crippen molar-refractivity contribution in [2.75, 3.05) is 18.1 Å². The predicted molar refractivity (Wildman–Crippen MR) is 132 cm³/mol. The van der Waals surface area contributed by atoms with Gasteiger partial charge in [0.25, 0.3) is 0 Å². The van der Waals surface area contributed by atoms with Crippen LogP contribution in [0.5, 0.6) is 0 Å². The highest BCUT2D eigenvalue weighted by atomic mass is 16.3. The molecular formula is C25H34N8O. The van der Waals surface area contributed by atoms with Crippen LogP contribution >= 0.6 is 0 Å². The van der Waals surface area contributed by atoms with E-state index in [1.807, 2.05) is 6.20 Å². The molecule has 4 N–H and O–H groups in total. The highest BCUT2D eigenvalue weighted by molar-refractivity contribution is 5.96. The zero-order chi connectivity index (χ0) is 23.4. The number of aryl methyl sites for hydroxylation is 1. The molecule has 2 saturated heterocycles. The van der Waals surface area contributed by atoms with Crippen molar-refractivity contribution in [1.29, 1.82) is 0 Å². The summed E-state index contributed by atoms with van der Waals surface area (Å²) in [5.74, 6) is 1.17. The molecule has 0 spiro atoms.